The second-order valence-corrected chi connectivity index (χ2v) is 4.24. The van der Waals surface area contributed by atoms with Crippen LogP contribution < -0.4 is 10.6 Å². The monoisotopic (exact) mass is 209 g/mol. The third-order valence-corrected chi connectivity index (χ3v) is 2.99. The fraction of sp³-hybridized carbons (Fsp3) is 0.727. The standard InChI is InChI=1S/C11H19N3O/c1-9(7-12)10-8-15-11(13-10)14-5-3-2-4-6-14/h8-9H,2-7,12H2,1H3. The first kappa shape index (κ1) is 10.5. The van der Waals surface area contributed by atoms with Crippen LogP contribution in [0, 0.1) is 0 Å². The highest BCUT2D eigenvalue weighted by molar-refractivity contribution is 5.28. The van der Waals surface area contributed by atoms with Gasteiger partial charge < -0.3 is 15.1 Å². The van der Waals surface area contributed by atoms with Gasteiger partial charge >= 0.3 is 0 Å². The summed E-state index contributed by atoms with van der Waals surface area (Å²) < 4.78 is 5.49. The molecule has 1 aromatic rings. The molecule has 2 rings (SSSR count). The van der Waals surface area contributed by atoms with Gasteiger partial charge in [-0.15, -0.1) is 0 Å². The molecule has 2 N–H and O–H groups in total. The Morgan fingerprint density at radius 1 is 1.47 bits per heavy atom. The summed E-state index contributed by atoms with van der Waals surface area (Å²) in [7, 11) is 0. The number of nitrogens with two attached hydrogens (primary N) is 1. The minimum absolute atomic E-state index is 0.285. The van der Waals surface area contributed by atoms with E-state index in [2.05, 4.69) is 16.8 Å². The average Bonchev–Trinajstić information content (AvgIpc) is 2.78. The van der Waals surface area contributed by atoms with Crippen molar-refractivity contribution in [2.45, 2.75) is 32.1 Å². The summed E-state index contributed by atoms with van der Waals surface area (Å²) in [5.74, 6) is 0.285. The predicted octanol–water partition coefficient (Wildman–Crippen LogP) is 1.73. The fourth-order valence-corrected chi connectivity index (χ4v) is 1.85. The lowest BCUT2D eigenvalue weighted by Gasteiger charge is -2.24. The van der Waals surface area contributed by atoms with Crippen molar-refractivity contribution in [3.05, 3.63) is 12.0 Å². The van der Waals surface area contributed by atoms with Crippen molar-refractivity contribution < 1.29 is 4.42 Å². The number of nitrogens with zero attached hydrogens (tertiary/aromatic N) is 2. The lowest BCUT2D eigenvalue weighted by atomic mass is 10.1. The van der Waals surface area contributed by atoms with Gasteiger partial charge in [-0.25, -0.2) is 0 Å². The van der Waals surface area contributed by atoms with Crippen molar-refractivity contribution in [2.24, 2.45) is 5.73 Å². The van der Waals surface area contributed by atoms with Gasteiger partial charge in [0.25, 0.3) is 6.01 Å². The first-order valence-corrected chi connectivity index (χ1v) is 5.71. The van der Waals surface area contributed by atoms with Gasteiger partial charge in [0.15, 0.2) is 0 Å². The smallest absolute Gasteiger partial charge is 0.297 e. The van der Waals surface area contributed by atoms with Gasteiger partial charge in [0.05, 0.1) is 5.69 Å². The summed E-state index contributed by atoms with van der Waals surface area (Å²) in [6, 6.07) is 0.769. The highest BCUT2D eigenvalue weighted by atomic mass is 16.4. The molecule has 0 bridgehead atoms. The molecule has 0 amide bonds. The van der Waals surface area contributed by atoms with Crippen molar-refractivity contribution in [3.8, 4) is 0 Å². The molecule has 84 valence electrons. The topological polar surface area (TPSA) is 55.3 Å². The van der Waals surface area contributed by atoms with Gasteiger partial charge in [-0.3, -0.25) is 0 Å². The largest absolute Gasteiger partial charge is 0.432 e. The van der Waals surface area contributed by atoms with E-state index < -0.39 is 0 Å². The van der Waals surface area contributed by atoms with E-state index in [0.29, 0.717) is 6.54 Å². The Morgan fingerprint density at radius 3 is 2.87 bits per heavy atom. The minimum Gasteiger partial charge on any atom is -0.432 e. The number of aromatic nitrogens is 1. The SMILES string of the molecule is CC(CN)c1coc(N2CCCCC2)n1. The molecule has 1 atom stereocenters. The highest BCUT2D eigenvalue weighted by Gasteiger charge is 2.17. The lowest BCUT2D eigenvalue weighted by molar-refractivity contribution is 0.491. The Kier molecular flexibility index (Phi) is 3.26. The zero-order valence-corrected chi connectivity index (χ0v) is 9.28. The summed E-state index contributed by atoms with van der Waals surface area (Å²) in [5, 5.41) is 0. The normalized spacial score (nSPS) is 19.2. The molecule has 0 aromatic carbocycles. The van der Waals surface area contributed by atoms with Crippen molar-refractivity contribution in [2.75, 3.05) is 24.5 Å². The van der Waals surface area contributed by atoms with Gasteiger partial charge in [-0.05, 0) is 19.3 Å². The molecular formula is C11H19N3O. The number of anilines is 1. The summed E-state index contributed by atoms with van der Waals surface area (Å²) in [5.41, 5.74) is 6.57. The third-order valence-electron chi connectivity index (χ3n) is 2.99. The van der Waals surface area contributed by atoms with Crippen LogP contribution in [0.5, 0.6) is 0 Å². The summed E-state index contributed by atoms with van der Waals surface area (Å²) >= 11 is 0. The number of rotatable bonds is 3. The van der Waals surface area contributed by atoms with E-state index in [9.17, 15) is 0 Å². The van der Waals surface area contributed by atoms with Crippen molar-refractivity contribution >= 4 is 6.01 Å². The number of oxazole rings is 1. The number of hydrogen-bond acceptors (Lipinski definition) is 4. The third kappa shape index (κ3) is 2.31. The van der Waals surface area contributed by atoms with E-state index in [4.69, 9.17) is 10.2 Å². The van der Waals surface area contributed by atoms with Crippen LogP contribution in [0.2, 0.25) is 0 Å². The lowest BCUT2D eigenvalue weighted by Crippen LogP contribution is -2.29. The van der Waals surface area contributed by atoms with Crippen LogP contribution in [-0.4, -0.2) is 24.6 Å². The molecule has 1 aliphatic heterocycles. The second-order valence-electron chi connectivity index (χ2n) is 4.24. The molecule has 0 spiro atoms. The van der Waals surface area contributed by atoms with E-state index in [-0.39, 0.29) is 5.92 Å². The number of piperidine rings is 1. The fourth-order valence-electron chi connectivity index (χ4n) is 1.85. The molecule has 4 nitrogen and oxygen atoms in total. The first-order valence-electron chi connectivity index (χ1n) is 5.71. The summed E-state index contributed by atoms with van der Waals surface area (Å²) in [4.78, 5) is 6.70. The Bertz CT molecular complexity index is 305. The predicted molar refractivity (Wildman–Crippen MR) is 60.0 cm³/mol. The molecule has 2 heterocycles. The number of hydrogen-bond donors (Lipinski definition) is 1. The Hall–Kier alpha value is -1.03. The molecule has 1 aromatic heterocycles. The maximum absolute atomic E-state index is 5.60. The Morgan fingerprint density at radius 2 is 2.20 bits per heavy atom. The Labute approximate surface area is 90.5 Å². The quantitative estimate of drug-likeness (QED) is 0.823. The maximum Gasteiger partial charge on any atom is 0.297 e. The van der Waals surface area contributed by atoms with Gasteiger partial charge in [0.1, 0.15) is 6.26 Å². The van der Waals surface area contributed by atoms with Crippen molar-refractivity contribution in [1.82, 2.24) is 4.98 Å². The molecule has 1 saturated heterocycles. The molecule has 0 saturated carbocycles. The average molecular weight is 209 g/mol. The summed E-state index contributed by atoms with van der Waals surface area (Å²) in [6.07, 6.45) is 5.54. The minimum atomic E-state index is 0.285. The zero-order valence-electron chi connectivity index (χ0n) is 9.28. The molecule has 1 unspecified atom stereocenters. The highest BCUT2D eigenvalue weighted by Crippen LogP contribution is 2.22. The zero-order chi connectivity index (χ0) is 10.7. The van der Waals surface area contributed by atoms with Gasteiger partial charge in [-0.2, -0.15) is 4.98 Å². The van der Waals surface area contributed by atoms with E-state index in [1.165, 1.54) is 19.3 Å². The van der Waals surface area contributed by atoms with Crippen LogP contribution in [0.3, 0.4) is 0 Å². The molecule has 1 aliphatic rings. The molecule has 4 heteroatoms. The Balaban J connectivity index is 2.05. The molecule has 0 aliphatic carbocycles. The van der Waals surface area contributed by atoms with Crippen molar-refractivity contribution in [3.63, 3.8) is 0 Å². The molecular weight excluding hydrogens is 190 g/mol. The van der Waals surface area contributed by atoms with Crippen LogP contribution in [0.15, 0.2) is 10.7 Å². The van der Waals surface area contributed by atoms with Crippen LogP contribution in [-0.2, 0) is 0 Å². The molecule has 15 heavy (non-hydrogen) atoms. The first-order chi connectivity index (χ1) is 7.31. The van der Waals surface area contributed by atoms with Crippen LogP contribution >= 0.6 is 0 Å². The molecule has 0 radical (unpaired) electrons. The molecule has 1 fully saturated rings. The second kappa shape index (κ2) is 4.66. The van der Waals surface area contributed by atoms with Crippen molar-refractivity contribution in [1.29, 1.82) is 0 Å². The summed E-state index contributed by atoms with van der Waals surface area (Å²) in [6.45, 7) is 4.82. The van der Waals surface area contributed by atoms with E-state index in [1.54, 1.807) is 6.26 Å². The van der Waals surface area contributed by atoms with E-state index in [1.807, 2.05) is 0 Å². The van der Waals surface area contributed by atoms with Crippen LogP contribution in [0.4, 0.5) is 6.01 Å². The van der Waals surface area contributed by atoms with E-state index in [0.717, 1.165) is 24.8 Å². The van der Waals surface area contributed by atoms with Gasteiger partial charge in [0.2, 0.25) is 0 Å². The van der Waals surface area contributed by atoms with E-state index >= 15 is 0 Å². The van der Waals surface area contributed by atoms with Gasteiger partial charge in [0, 0.05) is 25.6 Å². The van der Waals surface area contributed by atoms with Crippen LogP contribution in [0.25, 0.3) is 0 Å². The van der Waals surface area contributed by atoms with Gasteiger partial charge in [-0.1, -0.05) is 6.92 Å². The maximum atomic E-state index is 5.60. The van der Waals surface area contributed by atoms with Crippen LogP contribution in [0.1, 0.15) is 37.8 Å².